The summed E-state index contributed by atoms with van der Waals surface area (Å²) in [7, 11) is 0. The standard InChI is InChI=1S/C14H20N2/c1-9-4-5-10(2)14-13(9)6-12-8-15-7-11(3)16(12)14/h4-5,11-12,15H,6-8H2,1-3H3/t11?,12-/m1/s1. The Morgan fingerprint density at radius 2 is 1.94 bits per heavy atom. The number of nitrogens with zero attached hydrogens (tertiary/aromatic N) is 1. The Morgan fingerprint density at radius 3 is 2.75 bits per heavy atom. The molecule has 1 fully saturated rings. The van der Waals surface area contributed by atoms with E-state index in [9.17, 15) is 0 Å². The molecule has 1 saturated heterocycles. The number of rotatable bonds is 0. The SMILES string of the molecule is Cc1ccc(C)c2c1C[C@@H]1CNCC(C)N21. The van der Waals surface area contributed by atoms with Gasteiger partial charge in [0.05, 0.1) is 0 Å². The summed E-state index contributed by atoms with van der Waals surface area (Å²) in [5, 5.41) is 3.54. The van der Waals surface area contributed by atoms with E-state index in [1.54, 1.807) is 5.56 Å². The first kappa shape index (κ1) is 10.2. The van der Waals surface area contributed by atoms with Gasteiger partial charge in [-0.25, -0.2) is 0 Å². The van der Waals surface area contributed by atoms with E-state index in [1.165, 1.54) is 23.2 Å². The number of hydrogen-bond donors (Lipinski definition) is 1. The van der Waals surface area contributed by atoms with Crippen LogP contribution in [0.4, 0.5) is 5.69 Å². The first-order valence-corrected chi connectivity index (χ1v) is 6.26. The van der Waals surface area contributed by atoms with Gasteiger partial charge in [-0.2, -0.15) is 0 Å². The van der Waals surface area contributed by atoms with E-state index < -0.39 is 0 Å². The van der Waals surface area contributed by atoms with E-state index in [0.29, 0.717) is 12.1 Å². The minimum absolute atomic E-state index is 0.625. The summed E-state index contributed by atoms with van der Waals surface area (Å²) in [5.41, 5.74) is 6.01. The van der Waals surface area contributed by atoms with Gasteiger partial charge in [-0.3, -0.25) is 0 Å². The summed E-state index contributed by atoms with van der Waals surface area (Å²) < 4.78 is 0. The molecule has 2 atom stereocenters. The lowest BCUT2D eigenvalue weighted by Crippen LogP contribution is -2.55. The van der Waals surface area contributed by atoms with Crippen LogP contribution < -0.4 is 10.2 Å². The van der Waals surface area contributed by atoms with E-state index in [0.717, 1.165) is 13.1 Å². The lowest BCUT2D eigenvalue weighted by Gasteiger charge is -2.39. The van der Waals surface area contributed by atoms with Crippen molar-refractivity contribution in [3.05, 3.63) is 28.8 Å². The summed E-state index contributed by atoms with van der Waals surface area (Å²) >= 11 is 0. The quantitative estimate of drug-likeness (QED) is 0.714. The molecule has 86 valence electrons. The maximum atomic E-state index is 3.54. The molecule has 16 heavy (non-hydrogen) atoms. The van der Waals surface area contributed by atoms with Crippen LogP contribution in [0.5, 0.6) is 0 Å². The smallest absolute Gasteiger partial charge is 0.0459 e. The van der Waals surface area contributed by atoms with Gasteiger partial charge in [0, 0.05) is 30.9 Å². The third kappa shape index (κ3) is 1.29. The highest BCUT2D eigenvalue weighted by Gasteiger charge is 2.36. The summed E-state index contributed by atoms with van der Waals surface area (Å²) in [6, 6.07) is 5.84. The molecule has 2 heteroatoms. The zero-order valence-corrected chi connectivity index (χ0v) is 10.4. The molecular formula is C14H20N2. The highest BCUT2D eigenvalue weighted by molar-refractivity contribution is 5.67. The van der Waals surface area contributed by atoms with Crippen molar-refractivity contribution in [2.24, 2.45) is 0 Å². The van der Waals surface area contributed by atoms with E-state index in [2.05, 4.69) is 43.1 Å². The molecule has 0 spiro atoms. The fraction of sp³-hybridized carbons (Fsp3) is 0.571. The third-order valence-corrected chi connectivity index (χ3v) is 4.10. The van der Waals surface area contributed by atoms with Gasteiger partial charge in [0.15, 0.2) is 0 Å². The number of piperazine rings is 1. The second kappa shape index (κ2) is 3.49. The van der Waals surface area contributed by atoms with Crippen LogP contribution in [0.2, 0.25) is 0 Å². The van der Waals surface area contributed by atoms with Crippen LogP contribution in [0.1, 0.15) is 23.6 Å². The fourth-order valence-electron chi connectivity index (χ4n) is 3.30. The average Bonchev–Trinajstić information content (AvgIpc) is 2.65. The van der Waals surface area contributed by atoms with Gasteiger partial charge < -0.3 is 10.2 Å². The average molecular weight is 216 g/mol. The molecule has 0 radical (unpaired) electrons. The molecule has 1 unspecified atom stereocenters. The van der Waals surface area contributed by atoms with Crippen LogP contribution in [0.15, 0.2) is 12.1 Å². The van der Waals surface area contributed by atoms with Crippen LogP contribution in [0, 0.1) is 13.8 Å². The van der Waals surface area contributed by atoms with E-state index in [4.69, 9.17) is 0 Å². The van der Waals surface area contributed by atoms with Crippen LogP contribution >= 0.6 is 0 Å². The number of benzene rings is 1. The zero-order chi connectivity index (χ0) is 11.3. The predicted molar refractivity (Wildman–Crippen MR) is 68.2 cm³/mol. The lowest BCUT2D eigenvalue weighted by molar-refractivity contribution is 0.429. The summed E-state index contributed by atoms with van der Waals surface area (Å²) in [6.07, 6.45) is 1.22. The lowest BCUT2D eigenvalue weighted by atomic mass is 10.0. The Kier molecular flexibility index (Phi) is 2.21. The van der Waals surface area contributed by atoms with Gasteiger partial charge in [-0.1, -0.05) is 12.1 Å². The number of anilines is 1. The maximum Gasteiger partial charge on any atom is 0.0459 e. The molecule has 2 nitrogen and oxygen atoms in total. The van der Waals surface area contributed by atoms with Crippen molar-refractivity contribution in [1.82, 2.24) is 5.32 Å². The molecule has 1 N–H and O–H groups in total. The first-order chi connectivity index (χ1) is 7.68. The Hall–Kier alpha value is -1.02. The Labute approximate surface area is 97.6 Å². The van der Waals surface area contributed by atoms with Crippen molar-refractivity contribution in [1.29, 1.82) is 0 Å². The summed E-state index contributed by atoms with van der Waals surface area (Å²) in [5.74, 6) is 0. The molecule has 1 aromatic rings. The minimum Gasteiger partial charge on any atom is -0.363 e. The predicted octanol–water partition coefficient (Wildman–Crippen LogP) is 2.03. The topological polar surface area (TPSA) is 15.3 Å². The molecule has 0 bridgehead atoms. The second-order valence-corrected chi connectivity index (χ2v) is 5.30. The van der Waals surface area contributed by atoms with Gasteiger partial charge in [-0.05, 0) is 43.9 Å². The van der Waals surface area contributed by atoms with E-state index in [1.807, 2.05) is 0 Å². The van der Waals surface area contributed by atoms with Crippen LogP contribution in [0.25, 0.3) is 0 Å². The van der Waals surface area contributed by atoms with Gasteiger partial charge >= 0.3 is 0 Å². The van der Waals surface area contributed by atoms with Crippen LogP contribution in [-0.4, -0.2) is 25.2 Å². The monoisotopic (exact) mass is 216 g/mol. The van der Waals surface area contributed by atoms with E-state index >= 15 is 0 Å². The minimum atomic E-state index is 0.625. The second-order valence-electron chi connectivity index (χ2n) is 5.30. The van der Waals surface area contributed by atoms with Crippen molar-refractivity contribution in [2.75, 3.05) is 18.0 Å². The Morgan fingerprint density at radius 1 is 1.19 bits per heavy atom. The maximum absolute atomic E-state index is 3.54. The normalized spacial score (nSPS) is 27.8. The summed E-state index contributed by atoms with van der Waals surface area (Å²) in [6.45, 7) is 9.07. The van der Waals surface area contributed by atoms with Crippen LogP contribution in [-0.2, 0) is 6.42 Å². The third-order valence-electron chi connectivity index (χ3n) is 4.10. The molecule has 2 aliphatic heterocycles. The molecule has 0 aliphatic carbocycles. The van der Waals surface area contributed by atoms with Crippen molar-refractivity contribution in [3.8, 4) is 0 Å². The number of nitrogens with one attached hydrogen (secondary N) is 1. The number of aryl methyl sites for hydroxylation is 2. The highest BCUT2D eigenvalue weighted by Crippen LogP contribution is 2.39. The van der Waals surface area contributed by atoms with Crippen molar-refractivity contribution >= 4 is 5.69 Å². The van der Waals surface area contributed by atoms with Crippen molar-refractivity contribution in [3.63, 3.8) is 0 Å². The largest absolute Gasteiger partial charge is 0.363 e. The van der Waals surface area contributed by atoms with Crippen LogP contribution in [0.3, 0.4) is 0 Å². The molecule has 2 heterocycles. The fourth-order valence-corrected chi connectivity index (χ4v) is 3.30. The van der Waals surface area contributed by atoms with Gasteiger partial charge in [-0.15, -0.1) is 0 Å². The zero-order valence-electron chi connectivity index (χ0n) is 10.4. The van der Waals surface area contributed by atoms with Gasteiger partial charge in [0.25, 0.3) is 0 Å². The van der Waals surface area contributed by atoms with Gasteiger partial charge in [0.2, 0.25) is 0 Å². The van der Waals surface area contributed by atoms with Crippen molar-refractivity contribution < 1.29 is 0 Å². The highest BCUT2D eigenvalue weighted by atomic mass is 15.3. The molecule has 0 saturated carbocycles. The Bertz CT molecular complexity index is 425. The van der Waals surface area contributed by atoms with E-state index in [-0.39, 0.29) is 0 Å². The first-order valence-electron chi connectivity index (χ1n) is 6.26. The van der Waals surface area contributed by atoms with Gasteiger partial charge in [0.1, 0.15) is 0 Å². The summed E-state index contributed by atoms with van der Waals surface area (Å²) in [4.78, 5) is 2.65. The molecule has 2 aliphatic rings. The number of hydrogen-bond acceptors (Lipinski definition) is 2. The molecule has 0 amide bonds. The number of fused-ring (bicyclic) bond motifs is 3. The molecule has 0 aromatic heterocycles. The molecule has 1 aromatic carbocycles. The Balaban J connectivity index is 2.13. The van der Waals surface area contributed by atoms with Crippen molar-refractivity contribution in [2.45, 2.75) is 39.3 Å². The molecule has 3 rings (SSSR count). The molecular weight excluding hydrogens is 196 g/mol.